The van der Waals surface area contributed by atoms with Gasteiger partial charge in [0, 0.05) is 35.8 Å². The second-order valence-electron chi connectivity index (χ2n) is 10.3. The van der Waals surface area contributed by atoms with E-state index < -0.39 is 17.7 Å². The zero-order valence-corrected chi connectivity index (χ0v) is 24.2. The third-order valence-electron chi connectivity index (χ3n) is 7.02. The molecule has 11 heteroatoms. The number of carbonyl (C=O) groups excluding carboxylic acids is 2. The molecule has 1 unspecified atom stereocenters. The molecule has 222 valence electrons. The van der Waals surface area contributed by atoms with Gasteiger partial charge < -0.3 is 21.3 Å². The van der Waals surface area contributed by atoms with E-state index in [2.05, 4.69) is 10.6 Å². The Balaban J connectivity index is 1.32. The van der Waals surface area contributed by atoms with Crippen LogP contribution in [-0.4, -0.2) is 32.3 Å². The van der Waals surface area contributed by atoms with Gasteiger partial charge in [0.1, 0.15) is 29.0 Å². The van der Waals surface area contributed by atoms with Crippen molar-refractivity contribution in [2.45, 2.75) is 45.2 Å². The van der Waals surface area contributed by atoms with Crippen LogP contribution >= 0.6 is 11.6 Å². The normalized spacial score (nSPS) is 13.0. The third kappa shape index (κ3) is 7.10. The van der Waals surface area contributed by atoms with Crippen LogP contribution < -0.4 is 16.4 Å². The van der Waals surface area contributed by atoms with Crippen LogP contribution in [0.3, 0.4) is 0 Å². The summed E-state index contributed by atoms with van der Waals surface area (Å²) in [6.07, 6.45) is 5.81. The van der Waals surface area contributed by atoms with E-state index in [1.54, 1.807) is 47.3 Å². The number of aromatic nitrogens is 2. The first-order valence-corrected chi connectivity index (χ1v) is 14.3. The number of unbranched alkanes of at least 4 members (excludes halogenated alkanes) is 1. The van der Waals surface area contributed by atoms with Gasteiger partial charge in [-0.25, -0.2) is 13.8 Å². The second-order valence-corrected chi connectivity index (χ2v) is 10.7. The van der Waals surface area contributed by atoms with Crippen LogP contribution in [0, 0.1) is 11.6 Å². The molecule has 0 fully saturated rings. The fourth-order valence-electron chi connectivity index (χ4n) is 4.76. The fourth-order valence-corrected chi connectivity index (χ4v) is 4.88. The molecule has 1 aliphatic heterocycles. The number of nitrogens with two attached hydrogens (primary N) is 1. The van der Waals surface area contributed by atoms with Gasteiger partial charge in [-0.1, -0.05) is 49.2 Å². The van der Waals surface area contributed by atoms with Gasteiger partial charge in [-0.05, 0) is 60.9 Å². The van der Waals surface area contributed by atoms with Crippen molar-refractivity contribution in [1.29, 1.82) is 0 Å². The molecule has 8 nitrogen and oxygen atoms in total. The smallest absolute Gasteiger partial charge is 0.244 e. The van der Waals surface area contributed by atoms with E-state index in [9.17, 15) is 18.4 Å². The molecular weight excluding hydrogens is 574 g/mol. The number of benzene rings is 3. The van der Waals surface area contributed by atoms with E-state index in [1.807, 2.05) is 19.1 Å². The number of nitrogens with zero attached hydrogens (tertiary/aromatic N) is 3. The number of amides is 2. The molecule has 2 amide bonds. The zero-order chi connectivity index (χ0) is 30.5. The molecule has 1 aliphatic rings. The number of carbonyl (C=O) groups is 2. The molecule has 1 aromatic heterocycles. The van der Waals surface area contributed by atoms with Crippen LogP contribution in [0.15, 0.2) is 72.9 Å². The average molecular weight is 605 g/mol. The minimum atomic E-state index is -0.825. The standard InChI is InChI=1S/C32H31ClF2N6O2/c1-2-3-7-29(42)37-23-10-8-20(9-11-23)16-27(36)32(43)40-14-15-41-28(19-40)39-30(21-5-4-6-22(34)17-21)31(41)38-24-12-13-25(33)26(35)18-24/h4-6,8-15,17-18,27,38H,2-3,7,16,19,36H2,1H3,(H,37,42). The molecule has 0 spiro atoms. The molecule has 1 atom stereocenters. The van der Waals surface area contributed by atoms with Crippen LogP contribution in [0.1, 0.15) is 37.6 Å². The summed E-state index contributed by atoms with van der Waals surface area (Å²) in [6.45, 7) is 2.15. The molecular formula is C32H31ClF2N6O2. The van der Waals surface area contributed by atoms with Crippen molar-refractivity contribution in [3.63, 3.8) is 0 Å². The topological polar surface area (TPSA) is 105 Å². The van der Waals surface area contributed by atoms with Crippen LogP contribution in [0.4, 0.5) is 26.0 Å². The first-order chi connectivity index (χ1) is 20.7. The van der Waals surface area contributed by atoms with Gasteiger partial charge in [-0.15, -0.1) is 0 Å². The van der Waals surface area contributed by atoms with Gasteiger partial charge in [-0.3, -0.25) is 14.2 Å². The number of rotatable bonds is 10. The highest BCUT2D eigenvalue weighted by Gasteiger charge is 2.27. The zero-order valence-electron chi connectivity index (χ0n) is 23.5. The van der Waals surface area contributed by atoms with E-state index in [0.717, 1.165) is 18.4 Å². The average Bonchev–Trinajstić information content (AvgIpc) is 3.36. The number of nitrogens with one attached hydrogen (secondary N) is 2. The number of hydrogen-bond donors (Lipinski definition) is 3. The molecule has 43 heavy (non-hydrogen) atoms. The van der Waals surface area contributed by atoms with E-state index in [1.165, 1.54) is 29.2 Å². The van der Waals surface area contributed by atoms with E-state index in [-0.39, 0.29) is 23.4 Å². The fraction of sp³-hybridized carbons (Fsp3) is 0.219. The molecule has 3 aromatic carbocycles. The van der Waals surface area contributed by atoms with Crippen LogP contribution in [0.5, 0.6) is 0 Å². The molecule has 4 N–H and O–H groups in total. The maximum atomic E-state index is 14.2. The molecule has 0 saturated heterocycles. The summed E-state index contributed by atoms with van der Waals surface area (Å²) in [6, 6.07) is 16.7. The lowest BCUT2D eigenvalue weighted by Gasteiger charge is -2.25. The number of hydrogen-bond acceptors (Lipinski definition) is 5. The molecule has 0 radical (unpaired) electrons. The monoisotopic (exact) mass is 604 g/mol. The van der Waals surface area contributed by atoms with Gasteiger partial charge in [0.15, 0.2) is 0 Å². The summed E-state index contributed by atoms with van der Waals surface area (Å²) in [5, 5.41) is 6.02. The highest BCUT2D eigenvalue weighted by Crippen LogP contribution is 2.34. The summed E-state index contributed by atoms with van der Waals surface area (Å²) in [4.78, 5) is 31.5. The lowest BCUT2D eigenvalue weighted by Crippen LogP contribution is -2.43. The minimum Gasteiger partial charge on any atom is -0.339 e. The maximum absolute atomic E-state index is 14.2. The Morgan fingerprint density at radius 2 is 1.81 bits per heavy atom. The van der Waals surface area contributed by atoms with Gasteiger partial charge in [0.2, 0.25) is 11.8 Å². The summed E-state index contributed by atoms with van der Waals surface area (Å²) in [5.74, 6) is -0.388. The highest BCUT2D eigenvalue weighted by atomic mass is 35.5. The lowest BCUT2D eigenvalue weighted by atomic mass is 10.0. The Morgan fingerprint density at radius 3 is 2.53 bits per heavy atom. The first-order valence-electron chi connectivity index (χ1n) is 13.9. The highest BCUT2D eigenvalue weighted by molar-refractivity contribution is 6.30. The van der Waals surface area contributed by atoms with Crippen molar-refractivity contribution in [2.24, 2.45) is 5.73 Å². The Labute approximate surface area is 253 Å². The predicted molar refractivity (Wildman–Crippen MR) is 164 cm³/mol. The van der Waals surface area contributed by atoms with E-state index in [0.29, 0.717) is 47.1 Å². The number of anilines is 3. The molecule has 0 bridgehead atoms. The Morgan fingerprint density at radius 1 is 1.05 bits per heavy atom. The van der Waals surface area contributed by atoms with Crippen molar-refractivity contribution < 1.29 is 18.4 Å². The SMILES string of the molecule is CCCCC(=O)Nc1ccc(CC(N)C(=O)N2C=Cn3c(nc(-c4cccc(F)c4)c3Nc3ccc(Cl)c(F)c3)C2)cc1. The minimum absolute atomic E-state index is 0.0123. The van der Waals surface area contributed by atoms with Gasteiger partial charge in [-0.2, -0.15) is 0 Å². The molecule has 2 heterocycles. The summed E-state index contributed by atoms with van der Waals surface area (Å²) < 4.78 is 30.0. The summed E-state index contributed by atoms with van der Waals surface area (Å²) >= 11 is 5.85. The van der Waals surface area contributed by atoms with E-state index >= 15 is 0 Å². The Hall–Kier alpha value is -4.54. The van der Waals surface area contributed by atoms with Crippen molar-refractivity contribution in [3.8, 4) is 11.3 Å². The molecule has 0 saturated carbocycles. The number of imidazole rings is 1. The van der Waals surface area contributed by atoms with Crippen LogP contribution in [0.2, 0.25) is 5.02 Å². The molecule has 4 aromatic rings. The number of halogens is 3. The predicted octanol–water partition coefficient (Wildman–Crippen LogP) is 6.69. The van der Waals surface area contributed by atoms with Gasteiger partial charge >= 0.3 is 0 Å². The van der Waals surface area contributed by atoms with Crippen molar-refractivity contribution >= 4 is 46.8 Å². The summed E-state index contributed by atoms with van der Waals surface area (Å²) in [7, 11) is 0. The summed E-state index contributed by atoms with van der Waals surface area (Å²) in [5.41, 5.74) is 9.22. The third-order valence-corrected chi connectivity index (χ3v) is 7.33. The number of fused-ring (bicyclic) bond motifs is 1. The van der Waals surface area contributed by atoms with Gasteiger partial charge in [0.05, 0.1) is 17.6 Å². The Kier molecular flexibility index (Phi) is 9.18. The quantitative estimate of drug-likeness (QED) is 0.187. The van der Waals surface area contributed by atoms with Crippen LogP contribution in [-0.2, 0) is 22.6 Å². The van der Waals surface area contributed by atoms with Crippen molar-refractivity contribution in [2.75, 3.05) is 10.6 Å². The maximum Gasteiger partial charge on any atom is 0.244 e. The molecule has 0 aliphatic carbocycles. The van der Waals surface area contributed by atoms with Crippen molar-refractivity contribution in [3.05, 3.63) is 101 Å². The van der Waals surface area contributed by atoms with E-state index in [4.69, 9.17) is 22.3 Å². The first kappa shape index (κ1) is 29.9. The van der Waals surface area contributed by atoms with Crippen molar-refractivity contribution in [1.82, 2.24) is 14.5 Å². The second kappa shape index (κ2) is 13.2. The van der Waals surface area contributed by atoms with Gasteiger partial charge in [0.25, 0.3) is 0 Å². The Bertz CT molecular complexity index is 1670. The largest absolute Gasteiger partial charge is 0.339 e. The van der Waals surface area contributed by atoms with Crippen LogP contribution in [0.25, 0.3) is 17.5 Å². The lowest BCUT2D eigenvalue weighted by molar-refractivity contribution is -0.130. The molecule has 5 rings (SSSR count).